The molecule has 5 rings (SSSR count). The van der Waals surface area contributed by atoms with E-state index in [1.54, 1.807) is 12.1 Å². The summed E-state index contributed by atoms with van der Waals surface area (Å²) in [6.07, 6.45) is 2.23. The normalized spacial score (nSPS) is 22.7. The van der Waals surface area contributed by atoms with Crippen LogP contribution in [0.15, 0.2) is 54.6 Å². The van der Waals surface area contributed by atoms with Gasteiger partial charge in [0.15, 0.2) is 0 Å². The number of hydrogen-bond donors (Lipinski definition) is 0. The fraction of sp³-hybridized carbons (Fsp3) is 0.364. The Morgan fingerprint density at radius 1 is 1.00 bits per heavy atom. The van der Waals surface area contributed by atoms with E-state index in [-0.39, 0.29) is 11.9 Å². The summed E-state index contributed by atoms with van der Waals surface area (Å²) in [6.45, 7) is 3.68. The highest BCUT2D eigenvalue weighted by atomic mass is 16.2. The van der Waals surface area contributed by atoms with E-state index < -0.39 is 0 Å². The number of fused-ring (bicyclic) bond motifs is 4. The number of rotatable bonds is 3. The minimum absolute atomic E-state index is 0.0124. The zero-order valence-corrected chi connectivity index (χ0v) is 14.8. The molecule has 2 aromatic carbocycles. The lowest BCUT2D eigenvalue weighted by Gasteiger charge is -2.36. The van der Waals surface area contributed by atoms with E-state index in [0.29, 0.717) is 17.0 Å². The van der Waals surface area contributed by atoms with E-state index in [1.807, 2.05) is 23.1 Å². The Morgan fingerprint density at radius 3 is 2.58 bits per heavy atom. The first-order valence-corrected chi connectivity index (χ1v) is 9.31. The molecule has 2 aromatic rings. The average Bonchev–Trinajstić information content (AvgIpc) is 2.98. The predicted octanol–water partition coefficient (Wildman–Crippen LogP) is 3.29. The van der Waals surface area contributed by atoms with Crippen LogP contribution < -0.4 is 0 Å². The molecule has 3 saturated heterocycles. The van der Waals surface area contributed by atoms with Gasteiger partial charge in [-0.15, -0.1) is 0 Å². The van der Waals surface area contributed by atoms with Crippen molar-refractivity contribution in [2.75, 3.05) is 19.6 Å². The second-order valence-corrected chi connectivity index (χ2v) is 7.39. The molecule has 0 unspecified atom stereocenters. The molecule has 132 valence electrons. The van der Waals surface area contributed by atoms with Crippen LogP contribution in [0.1, 0.15) is 34.3 Å². The molecule has 0 spiro atoms. The SMILES string of the molecule is N#Cc1ccccc1C(=O)N1C[C@H]2CC[C@@H]1CN(Cc1ccccc1)C2. The van der Waals surface area contributed by atoms with Gasteiger partial charge in [0.2, 0.25) is 0 Å². The van der Waals surface area contributed by atoms with E-state index in [4.69, 9.17) is 0 Å². The van der Waals surface area contributed by atoms with Crippen LogP contribution >= 0.6 is 0 Å². The lowest BCUT2D eigenvalue weighted by molar-refractivity contribution is 0.0584. The third kappa shape index (κ3) is 3.36. The van der Waals surface area contributed by atoms with Gasteiger partial charge in [-0.05, 0) is 36.5 Å². The van der Waals surface area contributed by atoms with Crippen molar-refractivity contribution in [3.8, 4) is 6.07 Å². The van der Waals surface area contributed by atoms with Crippen molar-refractivity contribution in [2.24, 2.45) is 5.92 Å². The van der Waals surface area contributed by atoms with Crippen LogP contribution in [0.2, 0.25) is 0 Å². The highest BCUT2D eigenvalue weighted by molar-refractivity contribution is 5.97. The second kappa shape index (κ2) is 7.31. The monoisotopic (exact) mass is 345 g/mol. The van der Waals surface area contributed by atoms with Crippen molar-refractivity contribution >= 4 is 5.91 Å². The number of carbonyl (C=O) groups excluding carboxylic acids is 1. The molecule has 26 heavy (non-hydrogen) atoms. The van der Waals surface area contributed by atoms with Crippen molar-refractivity contribution in [2.45, 2.75) is 25.4 Å². The van der Waals surface area contributed by atoms with Gasteiger partial charge in [0.05, 0.1) is 17.2 Å². The maximum atomic E-state index is 13.1. The van der Waals surface area contributed by atoms with Gasteiger partial charge in [-0.2, -0.15) is 5.26 Å². The van der Waals surface area contributed by atoms with Gasteiger partial charge in [0.1, 0.15) is 0 Å². The van der Waals surface area contributed by atoms with Crippen molar-refractivity contribution in [1.82, 2.24) is 9.80 Å². The molecule has 0 radical (unpaired) electrons. The van der Waals surface area contributed by atoms with Gasteiger partial charge in [-0.25, -0.2) is 0 Å². The first kappa shape index (κ1) is 16.8. The maximum Gasteiger partial charge on any atom is 0.255 e. The lowest BCUT2D eigenvalue weighted by atomic mass is 9.94. The second-order valence-electron chi connectivity index (χ2n) is 7.39. The number of piperidine rings is 1. The van der Waals surface area contributed by atoms with Crippen molar-refractivity contribution < 1.29 is 4.79 Å². The van der Waals surface area contributed by atoms with Gasteiger partial charge in [-0.3, -0.25) is 9.69 Å². The molecule has 4 nitrogen and oxygen atoms in total. The van der Waals surface area contributed by atoms with Gasteiger partial charge in [-0.1, -0.05) is 42.5 Å². The summed E-state index contributed by atoms with van der Waals surface area (Å²) >= 11 is 0. The quantitative estimate of drug-likeness (QED) is 0.857. The number of carbonyl (C=O) groups is 1. The first-order chi connectivity index (χ1) is 12.7. The molecule has 0 aromatic heterocycles. The van der Waals surface area contributed by atoms with Crippen molar-refractivity contribution in [1.29, 1.82) is 5.26 Å². The zero-order valence-electron chi connectivity index (χ0n) is 14.8. The summed E-state index contributed by atoms with van der Waals surface area (Å²) in [5.74, 6) is 0.522. The Labute approximate surface area is 154 Å². The van der Waals surface area contributed by atoms with E-state index in [9.17, 15) is 10.1 Å². The molecule has 3 heterocycles. The van der Waals surface area contributed by atoms with E-state index >= 15 is 0 Å². The van der Waals surface area contributed by atoms with Crippen molar-refractivity contribution in [3.63, 3.8) is 0 Å². The predicted molar refractivity (Wildman–Crippen MR) is 100 cm³/mol. The van der Waals surface area contributed by atoms with Crippen LogP contribution in [0, 0.1) is 17.2 Å². The standard InChI is InChI=1S/C22H23N3O/c23-12-19-8-4-5-9-21(19)22(26)25-15-18-10-11-20(25)16-24(14-18)13-17-6-2-1-3-7-17/h1-9,18,20H,10-11,13-16H2/t18-,20+/m0/s1. The minimum Gasteiger partial charge on any atom is -0.334 e. The fourth-order valence-electron chi connectivity index (χ4n) is 4.32. The number of nitrogens with zero attached hydrogens (tertiary/aromatic N) is 3. The smallest absolute Gasteiger partial charge is 0.255 e. The van der Waals surface area contributed by atoms with Crippen LogP contribution in [0.4, 0.5) is 0 Å². The molecule has 0 N–H and O–H groups in total. The summed E-state index contributed by atoms with van der Waals surface area (Å²) in [5.41, 5.74) is 2.33. The molecule has 1 amide bonds. The Kier molecular flexibility index (Phi) is 4.73. The highest BCUT2D eigenvalue weighted by Gasteiger charge is 2.37. The molecule has 2 bridgehead atoms. The molecular weight excluding hydrogens is 322 g/mol. The summed E-state index contributed by atoms with van der Waals surface area (Å²) in [6, 6.07) is 20.1. The van der Waals surface area contributed by atoms with Crippen LogP contribution in [-0.4, -0.2) is 41.4 Å². The van der Waals surface area contributed by atoms with E-state index in [1.165, 1.54) is 12.0 Å². The molecule has 3 fully saturated rings. The van der Waals surface area contributed by atoms with Crippen LogP contribution in [0.5, 0.6) is 0 Å². The first-order valence-electron chi connectivity index (χ1n) is 9.31. The van der Waals surface area contributed by atoms with Crippen LogP contribution in [0.25, 0.3) is 0 Å². The maximum absolute atomic E-state index is 13.1. The Hall–Kier alpha value is -2.64. The Bertz CT molecular complexity index is 827. The zero-order chi connectivity index (χ0) is 17.9. The van der Waals surface area contributed by atoms with Crippen LogP contribution in [-0.2, 0) is 6.54 Å². The summed E-state index contributed by atoms with van der Waals surface area (Å²) in [5, 5.41) is 9.33. The molecule has 3 aliphatic heterocycles. The number of benzene rings is 2. The topological polar surface area (TPSA) is 47.3 Å². The fourth-order valence-corrected chi connectivity index (χ4v) is 4.32. The number of nitriles is 1. The van der Waals surface area contributed by atoms with Crippen LogP contribution in [0.3, 0.4) is 0 Å². The molecule has 2 atom stereocenters. The van der Waals surface area contributed by atoms with Crippen molar-refractivity contribution in [3.05, 3.63) is 71.3 Å². The molecule has 4 heteroatoms. The highest BCUT2D eigenvalue weighted by Crippen LogP contribution is 2.30. The number of hydrogen-bond acceptors (Lipinski definition) is 3. The molecule has 3 aliphatic rings. The van der Waals surface area contributed by atoms with Gasteiger partial charge in [0, 0.05) is 32.2 Å². The third-order valence-corrected chi connectivity index (χ3v) is 5.58. The average molecular weight is 345 g/mol. The molecule has 0 aliphatic carbocycles. The minimum atomic E-state index is 0.0124. The lowest BCUT2D eigenvalue weighted by Crippen LogP contribution is -2.47. The summed E-state index contributed by atoms with van der Waals surface area (Å²) in [4.78, 5) is 17.7. The largest absolute Gasteiger partial charge is 0.334 e. The molecular formula is C22H23N3O. The van der Waals surface area contributed by atoms with E-state index in [0.717, 1.165) is 32.6 Å². The Morgan fingerprint density at radius 2 is 1.77 bits per heavy atom. The number of amides is 1. The molecule has 0 saturated carbocycles. The summed E-state index contributed by atoms with van der Waals surface area (Å²) < 4.78 is 0. The Balaban J connectivity index is 1.53. The van der Waals surface area contributed by atoms with Gasteiger partial charge in [0.25, 0.3) is 5.91 Å². The van der Waals surface area contributed by atoms with E-state index in [2.05, 4.69) is 35.2 Å². The third-order valence-electron chi connectivity index (χ3n) is 5.58. The summed E-state index contributed by atoms with van der Waals surface area (Å²) in [7, 11) is 0. The van der Waals surface area contributed by atoms with Gasteiger partial charge < -0.3 is 4.90 Å². The van der Waals surface area contributed by atoms with Gasteiger partial charge >= 0.3 is 0 Å².